The van der Waals surface area contributed by atoms with Gasteiger partial charge in [0, 0.05) is 21.5 Å². The van der Waals surface area contributed by atoms with E-state index >= 15 is 0 Å². The van der Waals surface area contributed by atoms with Crippen LogP contribution in [0.4, 0.5) is 0 Å². The SMILES string of the molecule is Cc1csc(-c2cc3cc(Cl)cc(Cl)c3oc2=O)n1. The maximum Gasteiger partial charge on any atom is 0.346 e. The molecule has 3 rings (SSSR count). The molecule has 96 valence electrons. The van der Waals surface area contributed by atoms with Crippen LogP contribution in [0.15, 0.2) is 32.8 Å². The van der Waals surface area contributed by atoms with Crippen LogP contribution in [-0.2, 0) is 0 Å². The van der Waals surface area contributed by atoms with Crippen molar-refractivity contribution in [2.45, 2.75) is 6.92 Å². The van der Waals surface area contributed by atoms with E-state index in [-0.39, 0.29) is 0 Å². The Labute approximate surface area is 122 Å². The highest BCUT2D eigenvalue weighted by atomic mass is 35.5. The van der Waals surface area contributed by atoms with Crippen LogP contribution in [0, 0.1) is 6.92 Å². The third-order valence-electron chi connectivity index (χ3n) is 2.60. The lowest BCUT2D eigenvalue weighted by atomic mass is 10.2. The van der Waals surface area contributed by atoms with Gasteiger partial charge in [-0.1, -0.05) is 23.2 Å². The second-order valence-electron chi connectivity index (χ2n) is 4.05. The molecule has 19 heavy (non-hydrogen) atoms. The summed E-state index contributed by atoms with van der Waals surface area (Å²) < 4.78 is 5.26. The van der Waals surface area contributed by atoms with Crippen molar-refractivity contribution in [2.24, 2.45) is 0 Å². The normalized spacial score (nSPS) is 11.1. The molecule has 0 saturated heterocycles. The summed E-state index contributed by atoms with van der Waals surface area (Å²) in [5.74, 6) is 0. The summed E-state index contributed by atoms with van der Waals surface area (Å²) in [7, 11) is 0. The molecule has 2 heterocycles. The predicted octanol–water partition coefficient (Wildman–Crippen LogP) is 4.53. The van der Waals surface area contributed by atoms with Gasteiger partial charge in [-0.15, -0.1) is 11.3 Å². The molecule has 0 amide bonds. The van der Waals surface area contributed by atoms with Gasteiger partial charge >= 0.3 is 5.63 Å². The standard InChI is InChI=1S/C13H7Cl2NO2S/c1-6-5-19-12(16-6)9-3-7-2-8(14)4-10(15)11(7)18-13(9)17/h2-5H,1H3. The fraction of sp³-hybridized carbons (Fsp3) is 0.0769. The molecule has 1 aromatic carbocycles. The Morgan fingerprint density at radius 2 is 2.05 bits per heavy atom. The maximum absolute atomic E-state index is 12.0. The molecule has 3 nitrogen and oxygen atoms in total. The molecule has 0 bridgehead atoms. The van der Waals surface area contributed by atoms with Crippen LogP contribution in [0.5, 0.6) is 0 Å². The lowest BCUT2D eigenvalue weighted by molar-refractivity contribution is 0.563. The molecule has 0 spiro atoms. The van der Waals surface area contributed by atoms with Crippen molar-refractivity contribution in [3.8, 4) is 10.6 Å². The van der Waals surface area contributed by atoms with Crippen molar-refractivity contribution in [1.29, 1.82) is 0 Å². The van der Waals surface area contributed by atoms with Gasteiger partial charge < -0.3 is 4.42 Å². The fourth-order valence-corrected chi connectivity index (χ4v) is 3.13. The van der Waals surface area contributed by atoms with Crippen molar-refractivity contribution >= 4 is 45.5 Å². The zero-order valence-corrected chi connectivity index (χ0v) is 12.1. The number of benzene rings is 1. The van der Waals surface area contributed by atoms with E-state index in [1.807, 2.05) is 12.3 Å². The Bertz CT molecular complexity index is 838. The van der Waals surface area contributed by atoms with Crippen LogP contribution in [0.1, 0.15) is 5.69 Å². The molecular formula is C13H7Cl2NO2S. The van der Waals surface area contributed by atoms with Gasteiger partial charge in [0.05, 0.1) is 10.6 Å². The molecule has 0 aliphatic rings. The molecular weight excluding hydrogens is 305 g/mol. The van der Waals surface area contributed by atoms with Gasteiger partial charge in [-0.2, -0.15) is 0 Å². The number of rotatable bonds is 1. The van der Waals surface area contributed by atoms with E-state index in [1.165, 1.54) is 11.3 Å². The highest BCUT2D eigenvalue weighted by Crippen LogP contribution is 2.30. The van der Waals surface area contributed by atoms with Crippen molar-refractivity contribution < 1.29 is 4.42 Å². The first-order chi connectivity index (χ1) is 9.04. The number of thiazole rings is 1. The quantitative estimate of drug-likeness (QED) is 0.620. The lowest BCUT2D eigenvalue weighted by Crippen LogP contribution is -2.02. The van der Waals surface area contributed by atoms with E-state index < -0.39 is 5.63 Å². The third-order valence-corrected chi connectivity index (χ3v) is 4.09. The van der Waals surface area contributed by atoms with Gasteiger partial charge in [0.1, 0.15) is 5.01 Å². The van der Waals surface area contributed by atoms with Crippen molar-refractivity contribution in [1.82, 2.24) is 4.98 Å². The highest BCUT2D eigenvalue weighted by molar-refractivity contribution is 7.13. The number of hydrogen-bond donors (Lipinski definition) is 0. The van der Waals surface area contributed by atoms with Crippen molar-refractivity contribution in [3.63, 3.8) is 0 Å². The molecule has 0 saturated carbocycles. The van der Waals surface area contributed by atoms with Gasteiger partial charge in [0.25, 0.3) is 0 Å². The van der Waals surface area contributed by atoms with E-state index in [4.69, 9.17) is 27.6 Å². The van der Waals surface area contributed by atoms with E-state index in [1.54, 1.807) is 18.2 Å². The van der Waals surface area contributed by atoms with E-state index in [9.17, 15) is 4.79 Å². The molecule has 6 heteroatoms. The molecule has 0 atom stereocenters. The van der Waals surface area contributed by atoms with Gasteiger partial charge in [0.2, 0.25) is 0 Å². The molecule has 0 aliphatic carbocycles. The van der Waals surface area contributed by atoms with E-state index in [2.05, 4.69) is 4.98 Å². The Hall–Kier alpha value is -1.36. The second-order valence-corrected chi connectivity index (χ2v) is 5.75. The average molecular weight is 312 g/mol. The summed E-state index contributed by atoms with van der Waals surface area (Å²) in [6, 6.07) is 4.95. The Morgan fingerprint density at radius 1 is 1.26 bits per heavy atom. The summed E-state index contributed by atoms with van der Waals surface area (Å²) in [6.07, 6.45) is 0. The van der Waals surface area contributed by atoms with Crippen LogP contribution < -0.4 is 5.63 Å². The summed E-state index contributed by atoms with van der Waals surface area (Å²) in [5, 5.41) is 4.00. The minimum absolute atomic E-state index is 0.321. The minimum atomic E-state index is -0.453. The van der Waals surface area contributed by atoms with E-state index in [0.29, 0.717) is 31.6 Å². The van der Waals surface area contributed by atoms with Crippen LogP contribution in [-0.4, -0.2) is 4.98 Å². The molecule has 0 radical (unpaired) electrons. The van der Waals surface area contributed by atoms with E-state index in [0.717, 1.165) is 5.69 Å². The first-order valence-electron chi connectivity index (χ1n) is 5.40. The van der Waals surface area contributed by atoms with Gasteiger partial charge in [-0.25, -0.2) is 9.78 Å². The number of fused-ring (bicyclic) bond motifs is 1. The fourth-order valence-electron chi connectivity index (χ4n) is 1.78. The molecule has 3 aromatic rings. The monoisotopic (exact) mass is 311 g/mol. The van der Waals surface area contributed by atoms with Crippen LogP contribution in [0.3, 0.4) is 0 Å². The average Bonchev–Trinajstić information content (AvgIpc) is 2.76. The van der Waals surface area contributed by atoms with Crippen molar-refractivity contribution in [2.75, 3.05) is 0 Å². The third kappa shape index (κ3) is 2.27. The van der Waals surface area contributed by atoms with Gasteiger partial charge in [-0.05, 0) is 25.1 Å². The van der Waals surface area contributed by atoms with Crippen LogP contribution in [0.25, 0.3) is 21.5 Å². The number of halogens is 2. The predicted molar refractivity (Wildman–Crippen MR) is 78.3 cm³/mol. The first-order valence-corrected chi connectivity index (χ1v) is 7.03. The van der Waals surface area contributed by atoms with Crippen LogP contribution >= 0.6 is 34.5 Å². The first kappa shape index (κ1) is 12.7. The largest absolute Gasteiger partial charge is 0.421 e. The summed E-state index contributed by atoms with van der Waals surface area (Å²) in [5.41, 5.74) is 1.17. The Kier molecular flexibility index (Phi) is 3.09. The number of hydrogen-bond acceptors (Lipinski definition) is 4. The highest BCUT2D eigenvalue weighted by Gasteiger charge is 2.13. The molecule has 0 unspecified atom stereocenters. The minimum Gasteiger partial charge on any atom is -0.421 e. The maximum atomic E-state index is 12.0. The number of aryl methyl sites for hydroxylation is 1. The summed E-state index contributed by atoms with van der Waals surface area (Å²) >= 11 is 13.4. The van der Waals surface area contributed by atoms with Crippen molar-refractivity contribution in [3.05, 3.63) is 49.7 Å². The lowest BCUT2D eigenvalue weighted by Gasteiger charge is -2.02. The van der Waals surface area contributed by atoms with Gasteiger partial charge in [-0.3, -0.25) is 0 Å². The Morgan fingerprint density at radius 3 is 2.74 bits per heavy atom. The molecule has 0 fully saturated rings. The number of aromatic nitrogens is 1. The summed E-state index contributed by atoms with van der Waals surface area (Å²) in [4.78, 5) is 16.3. The molecule has 2 aromatic heterocycles. The zero-order chi connectivity index (χ0) is 13.6. The summed E-state index contributed by atoms with van der Waals surface area (Å²) in [6.45, 7) is 1.87. The topological polar surface area (TPSA) is 43.1 Å². The molecule has 0 aliphatic heterocycles. The molecule has 0 N–H and O–H groups in total. The van der Waals surface area contributed by atoms with Gasteiger partial charge in [0.15, 0.2) is 5.58 Å². The zero-order valence-electron chi connectivity index (χ0n) is 9.74. The smallest absolute Gasteiger partial charge is 0.346 e. The number of nitrogens with zero attached hydrogens (tertiary/aromatic N) is 1. The second kappa shape index (κ2) is 4.63. The Balaban J connectivity index is 2.33. The van der Waals surface area contributed by atoms with Crippen LogP contribution in [0.2, 0.25) is 10.0 Å².